The van der Waals surface area contributed by atoms with Gasteiger partial charge in [-0.15, -0.1) is 0 Å². The van der Waals surface area contributed by atoms with Crippen molar-refractivity contribution < 1.29 is 21.6 Å². The summed E-state index contributed by atoms with van der Waals surface area (Å²) in [4.78, 5) is 3.70. The maximum Gasteiger partial charge on any atom is 0.433 e. The van der Waals surface area contributed by atoms with Crippen LogP contribution in [0.5, 0.6) is 0 Å². The summed E-state index contributed by atoms with van der Waals surface area (Å²) in [5, 5.41) is 0. The first kappa shape index (κ1) is 18.4. The Morgan fingerprint density at radius 3 is 2.52 bits per heavy atom. The van der Waals surface area contributed by atoms with Crippen LogP contribution in [0.25, 0.3) is 11.1 Å². The molecule has 1 aromatic heterocycles. The lowest BCUT2D eigenvalue weighted by atomic mass is 9.96. The van der Waals surface area contributed by atoms with Gasteiger partial charge in [0.05, 0.1) is 4.90 Å². The second-order valence-corrected chi connectivity index (χ2v) is 9.13. The van der Waals surface area contributed by atoms with Crippen molar-refractivity contribution in [2.45, 2.75) is 43.3 Å². The molecule has 8 heteroatoms. The van der Waals surface area contributed by atoms with Crippen LogP contribution in [0.4, 0.5) is 13.2 Å². The van der Waals surface area contributed by atoms with E-state index < -0.39 is 21.9 Å². The van der Waals surface area contributed by atoms with Crippen molar-refractivity contribution in [3.05, 3.63) is 47.8 Å². The molecule has 0 N–H and O–H groups in total. The van der Waals surface area contributed by atoms with E-state index in [9.17, 15) is 21.6 Å². The van der Waals surface area contributed by atoms with Crippen molar-refractivity contribution in [2.75, 3.05) is 6.54 Å². The SMILES string of the molecule is Cc1cc(S(=O)(=O)N2C[C@@H]3CCC[C@@H]32)ccc1-c1ccc(C(F)(F)F)nc1. The number of halogens is 3. The van der Waals surface area contributed by atoms with Gasteiger partial charge >= 0.3 is 6.18 Å². The van der Waals surface area contributed by atoms with E-state index >= 15 is 0 Å². The van der Waals surface area contributed by atoms with Crippen molar-refractivity contribution in [1.29, 1.82) is 0 Å². The van der Waals surface area contributed by atoms with Gasteiger partial charge in [0.25, 0.3) is 0 Å². The molecule has 0 amide bonds. The van der Waals surface area contributed by atoms with E-state index in [0.29, 0.717) is 29.2 Å². The molecular formula is C19H19F3N2O2S. The van der Waals surface area contributed by atoms with Crippen LogP contribution in [0, 0.1) is 12.8 Å². The van der Waals surface area contributed by atoms with Gasteiger partial charge in [0.15, 0.2) is 0 Å². The highest BCUT2D eigenvalue weighted by atomic mass is 32.2. The number of aromatic nitrogens is 1. The lowest BCUT2D eigenvalue weighted by Gasteiger charge is -2.43. The molecule has 27 heavy (non-hydrogen) atoms. The zero-order valence-electron chi connectivity index (χ0n) is 14.7. The molecule has 1 aromatic carbocycles. The summed E-state index contributed by atoms with van der Waals surface area (Å²) < 4.78 is 65.4. The molecule has 1 saturated heterocycles. The molecular weight excluding hydrogens is 377 g/mol. The standard InChI is InChI=1S/C19H19F3N2O2S/c1-12-9-15(27(25,26)24-11-14-3-2-4-17(14)24)6-7-16(12)13-5-8-18(23-10-13)19(20,21)22/h5-10,14,17H,2-4,11H2,1H3/t14-,17-/m0/s1. The van der Waals surface area contributed by atoms with Gasteiger partial charge in [-0.3, -0.25) is 4.98 Å². The van der Waals surface area contributed by atoms with Crippen molar-refractivity contribution in [1.82, 2.24) is 9.29 Å². The van der Waals surface area contributed by atoms with Gasteiger partial charge in [0, 0.05) is 24.3 Å². The molecule has 0 unspecified atom stereocenters. The fourth-order valence-electron chi connectivity index (χ4n) is 4.09. The van der Waals surface area contributed by atoms with E-state index in [1.165, 1.54) is 12.1 Å². The van der Waals surface area contributed by atoms with Crippen molar-refractivity contribution in [3.63, 3.8) is 0 Å². The van der Waals surface area contributed by atoms with Gasteiger partial charge in [0.1, 0.15) is 5.69 Å². The molecule has 144 valence electrons. The summed E-state index contributed by atoms with van der Waals surface area (Å²) in [5.41, 5.74) is 0.912. The summed E-state index contributed by atoms with van der Waals surface area (Å²) >= 11 is 0. The second kappa shape index (κ2) is 6.31. The molecule has 4 nitrogen and oxygen atoms in total. The summed E-state index contributed by atoms with van der Waals surface area (Å²) in [7, 11) is -3.54. The summed E-state index contributed by atoms with van der Waals surface area (Å²) in [6.07, 6.45) is -0.243. The Morgan fingerprint density at radius 1 is 1.15 bits per heavy atom. The van der Waals surface area contributed by atoms with Crippen LogP contribution in [-0.2, 0) is 16.2 Å². The minimum absolute atomic E-state index is 0.120. The minimum atomic E-state index is -4.49. The van der Waals surface area contributed by atoms with E-state index in [0.717, 1.165) is 31.5 Å². The molecule has 4 rings (SSSR count). The van der Waals surface area contributed by atoms with E-state index in [-0.39, 0.29) is 10.9 Å². The molecule has 0 bridgehead atoms. The van der Waals surface area contributed by atoms with Crippen molar-refractivity contribution >= 4 is 10.0 Å². The molecule has 0 spiro atoms. The number of fused-ring (bicyclic) bond motifs is 1. The zero-order chi connectivity index (χ0) is 19.4. The number of pyridine rings is 1. The van der Waals surface area contributed by atoms with Crippen LogP contribution in [0.2, 0.25) is 0 Å². The Bertz CT molecular complexity index is 971. The number of nitrogens with zero attached hydrogens (tertiary/aromatic N) is 2. The largest absolute Gasteiger partial charge is 0.433 e. The van der Waals surface area contributed by atoms with E-state index in [1.807, 2.05) is 0 Å². The summed E-state index contributed by atoms with van der Waals surface area (Å²) in [5.74, 6) is 0.485. The first-order valence-electron chi connectivity index (χ1n) is 8.84. The first-order valence-corrected chi connectivity index (χ1v) is 10.3. The molecule has 1 aliphatic heterocycles. The van der Waals surface area contributed by atoms with Gasteiger partial charge in [-0.05, 0) is 55.0 Å². The maximum atomic E-state index is 12.9. The first-order chi connectivity index (χ1) is 12.7. The van der Waals surface area contributed by atoms with Gasteiger partial charge in [0.2, 0.25) is 10.0 Å². The number of aryl methyl sites for hydroxylation is 1. The van der Waals surface area contributed by atoms with Crippen LogP contribution in [-0.4, -0.2) is 30.3 Å². The smallest absolute Gasteiger partial charge is 0.251 e. The lowest BCUT2D eigenvalue weighted by Crippen LogP contribution is -2.55. The van der Waals surface area contributed by atoms with Crippen LogP contribution in [0.3, 0.4) is 0 Å². The number of hydrogen-bond acceptors (Lipinski definition) is 3. The maximum absolute atomic E-state index is 12.9. The molecule has 2 heterocycles. The highest BCUT2D eigenvalue weighted by Crippen LogP contribution is 2.42. The summed E-state index contributed by atoms with van der Waals surface area (Å²) in [6, 6.07) is 7.15. The van der Waals surface area contributed by atoms with E-state index in [4.69, 9.17) is 0 Å². The number of alkyl halides is 3. The van der Waals surface area contributed by atoms with Gasteiger partial charge < -0.3 is 0 Å². The molecule has 0 radical (unpaired) electrons. The average molecular weight is 396 g/mol. The molecule has 1 saturated carbocycles. The Balaban J connectivity index is 1.61. The Labute approximate surface area is 156 Å². The zero-order valence-corrected chi connectivity index (χ0v) is 15.5. The Hall–Kier alpha value is -1.93. The van der Waals surface area contributed by atoms with Crippen molar-refractivity contribution in [2.24, 2.45) is 5.92 Å². The topological polar surface area (TPSA) is 50.3 Å². The molecule has 2 aliphatic rings. The third kappa shape index (κ3) is 3.14. The predicted octanol–water partition coefficient (Wildman–Crippen LogP) is 4.25. The number of rotatable bonds is 3. The van der Waals surface area contributed by atoms with Crippen LogP contribution in [0.1, 0.15) is 30.5 Å². The van der Waals surface area contributed by atoms with Crippen LogP contribution < -0.4 is 0 Å². The highest BCUT2D eigenvalue weighted by Gasteiger charge is 2.48. The van der Waals surface area contributed by atoms with Crippen LogP contribution in [0.15, 0.2) is 41.4 Å². The number of sulfonamides is 1. The molecule has 2 fully saturated rings. The second-order valence-electron chi connectivity index (χ2n) is 7.24. The highest BCUT2D eigenvalue weighted by molar-refractivity contribution is 7.89. The fraction of sp³-hybridized carbons (Fsp3) is 0.421. The Morgan fingerprint density at radius 2 is 1.93 bits per heavy atom. The number of hydrogen-bond donors (Lipinski definition) is 0. The third-order valence-electron chi connectivity index (χ3n) is 5.57. The normalized spacial score (nSPS) is 23.1. The van der Waals surface area contributed by atoms with E-state index in [1.54, 1.807) is 23.4 Å². The fourth-order valence-corrected chi connectivity index (χ4v) is 5.95. The monoisotopic (exact) mass is 396 g/mol. The Kier molecular flexibility index (Phi) is 4.31. The molecule has 1 aliphatic carbocycles. The quantitative estimate of drug-likeness (QED) is 0.779. The lowest BCUT2D eigenvalue weighted by molar-refractivity contribution is -0.141. The van der Waals surface area contributed by atoms with E-state index in [2.05, 4.69) is 4.98 Å². The average Bonchev–Trinajstić information content (AvgIpc) is 2.94. The summed E-state index contributed by atoms with van der Waals surface area (Å²) in [6.45, 7) is 2.33. The predicted molar refractivity (Wildman–Crippen MR) is 94.4 cm³/mol. The van der Waals surface area contributed by atoms with Gasteiger partial charge in [-0.2, -0.15) is 17.5 Å². The molecule has 2 atom stereocenters. The van der Waals surface area contributed by atoms with Crippen molar-refractivity contribution in [3.8, 4) is 11.1 Å². The van der Waals surface area contributed by atoms with Crippen LogP contribution >= 0.6 is 0 Å². The van der Waals surface area contributed by atoms with Gasteiger partial charge in [-0.25, -0.2) is 8.42 Å². The molecule has 2 aromatic rings. The minimum Gasteiger partial charge on any atom is -0.251 e. The van der Waals surface area contributed by atoms with Gasteiger partial charge in [-0.1, -0.05) is 18.6 Å². The number of benzene rings is 1. The third-order valence-corrected chi connectivity index (χ3v) is 7.46.